The summed E-state index contributed by atoms with van der Waals surface area (Å²) in [6.45, 7) is 5.79. The third kappa shape index (κ3) is 3.68. The van der Waals surface area contributed by atoms with E-state index in [2.05, 4.69) is 15.2 Å². The van der Waals surface area contributed by atoms with Crippen LogP contribution in [0.1, 0.15) is 34.9 Å². The monoisotopic (exact) mass is 505 g/mol. The number of amides is 1. The van der Waals surface area contributed by atoms with Crippen molar-refractivity contribution in [3.63, 3.8) is 0 Å². The predicted molar refractivity (Wildman–Crippen MR) is 134 cm³/mol. The van der Waals surface area contributed by atoms with Crippen LogP contribution in [0.3, 0.4) is 0 Å². The molecule has 1 aliphatic heterocycles. The number of aryl methyl sites for hydroxylation is 2. The van der Waals surface area contributed by atoms with Gasteiger partial charge in [-0.2, -0.15) is 0 Å². The molecule has 1 unspecified atom stereocenters. The van der Waals surface area contributed by atoms with E-state index in [0.29, 0.717) is 45.7 Å². The minimum Gasteiger partial charge on any atom is -0.505 e. The molecule has 1 N–H and O–H groups in total. The molecule has 1 saturated heterocycles. The van der Waals surface area contributed by atoms with E-state index < -0.39 is 17.7 Å². The lowest BCUT2D eigenvalue weighted by molar-refractivity contribution is -0.132. The van der Waals surface area contributed by atoms with Crippen molar-refractivity contribution in [2.75, 3.05) is 18.6 Å². The van der Waals surface area contributed by atoms with Crippen LogP contribution in [0.2, 0.25) is 0 Å². The number of nitrogens with zero attached hydrogens (tertiary/aromatic N) is 5. The molecule has 1 aliphatic rings. The molecule has 0 saturated carbocycles. The van der Waals surface area contributed by atoms with Crippen LogP contribution in [0.4, 0.5) is 5.13 Å². The van der Waals surface area contributed by atoms with Crippen LogP contribution in [0, 0.1) is 13.8 Å². The van der Waals surface area contributed by atoms with Gasteiger partial charge in [0.1, 0.15) is 16.3 Å². The second-order valence-corrected chi connectivity index (χ2v) is 9.25. The SMILES string of the molecule is CCOc1ccc(C2/C(=C(\O)c3c(C)nc4ccccn34)C(=O)C(=O)N2c2nnc(C)s2)cc1OC. The van der Waals surface area contributed by atoms with Gasteiger partial charge in [-0.05, 0) is 50.6 Å². The van der Waals surface area contributed by atoms with Crippen molar-refractivity contribution < 1.29 is 24.2 Å². The number of anilines is 1. The molecule has 0 aliphatic carbocycles. The maximum absolute atomic E-state index is 13.4. The summed E-state index contributed by atoms with van der Waals surface area (Å²) in [5.41, 5.74) is 1.91. The summed E-state index contributed by atoms with van der Waals surface area (Å²) in [7, 11) is 1.51. The molecule has 1 atom stereocenters. The number of methoxy groups -OCH3 is 1. The van der Waals surface area contributed by atoms with Crippen LogP contribution in [-0.2, 0) is 9.59 Å². The van der Waals surface area contributed by atoms with Gasteiger partial charge in [-0.1, -0.05) is 23.5 Å². The Hall–Kier alpha value is -4.25. The maximum atomic E-state index is 13.4. The summed E-state index contributed by atoms with van der Waals surface area (Å²) in [5.74, 6) is -1.02. The fraction of sp³-hybridized carbons (Fsp3) is 0.240. The van der Waals surface area contributed by atoms with Gasteiger partial charge in [-0.3, -0.25) is 18.9 Å². The van der Waals surface area contributed by atoms with E-state index in [1.54, 1.807) is 54.8 Å². The normalized spacial score (nSPS) is 17.2. The number of carbonyl (C=O) groups excluding carboxylic acids is 2. The second-order valence-electron chi connectivity index (χ2n) is 8.09. The van der Waals surface area contributed by atoms with Crippen LogP contribution in [-0.4, -0.2) is 50.1 Å². The zero-order valence-electron chi connectivity index (χ0n) is 20.1. The van der Waals surface area contributed by atoms with Crippen molar-refractivity contribution in [1.29, 1.82) is 0 Å². The van der Waals surface area contributed by atoms with Crippen molar-refractivity contribution in [1.82, 2.24) is 19.6 Å². The number of Topliss-reactive ketones (excluding diaryl/α,β-unsaturated/α-hetero) is 1. The minimum absolute atomic E-state index is 0.0761. The Kier molecular flexibility index (Phi) is 5.92. The molecule has 0 radical (unpaired) electrons. The first-order valence-electron chi connectivity index (χ1n) is 11.2. The predicted octanol–water partition coefficient (Wildman–Crippen LogP) is 3.84. The van der Waals surface area contributed by atoms with E-state index in [4.69, 9.17) is 9.47 Å². The van der Waals surface area contributed by atoms with E-state index in [1.807, 2.05) is 13.0 Å². The van der Waals surface area contributed by atoms with Gasteiger partial charge in [0, 0.05) is 6.20 Å². The Labute approximate surface area is 210 Å². The average Bonchev–Trinajstić information content (AvgIpc) is 3.52. The number of imidazole rings is 1. The first kappa shape index (κ1) is 23.5. The number of pyridine rings is 1. The highest BCUT2D eigenvalue weighted by Gasteiger charge is 2.49. The van der Waals surface area contributed by atoms with Gasteiger partial charge >= 0.3 is 5.91 Å². The Bertz CT molecular complexity index is 1540. The average molecular weight is 506 g/mol. The first-order chi connectivity index (χ1) is 17.3. The molecule has 0 spiro atoms. The highest BCUT2D eigenvalue weighted by molar-refractivity contribution is 7.15. The molecule has 0 bridgehead atoms. The van der Waals surface area contributed by atoms with Crippen LogP contribution in [0.25, 0.3) is 11.4 Å². The fourth-order valence-electron chi connectivity index (χ4n) is 4.38. The molecule has 11 heteroatoms. The van der Waals surface area contributed by atoms with Gasteiger partial charge in [0.15, 0.2) is 17.3 Å². The summed E-state index contributed by atoms with van der Waals surface area (Å²) < 4.78 is 12.8. The van der Waals surface area contributed by atoms with E-state index in [-0.39, 0.29) is 16.5 Å². The maximum Gasteiger partial charge on any atom is 0.301 e. The molecule has 4 aromatic rings. The first-order valence-corrected chi connectivity index (χ1v) is 12.0. The topological polar surface area (TPSA) is 119 Å². The quantitative estimate of drug-likeness (QED) is 0.239. The van der Waals surface area contributed by atoms with E-state index in [1.165, 1.54) is 23.3 Å². The molecule has 1 fully saturated rings. The zero-order valence-corrected chi connectivity index (χ0v) is 20.9. The molecule has 4 heterocycles. The second kappa shape index (κ2) is 9.08. The highest BCUT2D eigenvalue weighted by Crippen LogP contribution is 2.45. The minimum atomic E-state index is -0.976. The van der Waals surface area contributed by atoms with Crippen molar-refractivity contribution in [2.45, 2.75) is 26.8 Å². The number of fused-ring (bicyclic) bond motifs is 1. The molecule has 1 amide bonds. The number of carbonyl (C=O) groups is 2. The van der Waals surface area contributed by atoms with Gasteiger partial charge in [-0.25, -0.2) is 4.98 Å². The largest absolute Gasteiger partial charge is 0.505 e. The summed E-state index contributed by atoms with van der Waals surface area (Å²) >= 11 is 1.18. The van der Waals surface area contributed by atoms with Gasteiger partial charge in [0.2, 0.25) is 5.13 Å². The number of ether oxygens (including phenoxy) is 2. The van der Waals surface area contributed by atoms with Gasteiger partial charge < -0.3 is 14.6 Å². The smallest absolute Gasteiger partial charge is 0.301 e. The Morgan fingerprint density at radius 2 is 1.94 bits per heavy atom. The number of hydrogen-bond donors (Lipinski definition) is 1. The summed E-state index contributed by atoms with van der Waals surface area (Å²) in [6, 6.07) is 9.58. The molecular formula is C25H23N5O5S. The van der Waals surface area contributed by atoms with E-state index in [9.17, 15) is 14.7 Å². The molecule has 36 heavy (non-hydrogen) atoms. The number of ketones is 1. The Morgan fingerprint density at radius 3 is 2.64 bits per heavy atom. The third-order valence-electron chi connectivity index (χ3n) is 5.90. The highest BCUT2D eigenvalue weighted by atomic mass is 32.1. The molecular weight excluding hydrogens is 482 g/mol. The number of hydrogen-bond acceptors (Lipinski definition) is 9. The molecule has 5 rings (SSSR count). The van der Waals surface area contributed by atoms with Crippen LogP contribution in [0.5, 0.6) is 11.5 Å². The summed E-state index contributed by atoms with van der Waals surface area (Å²) in [4.78, 5) is 32.6. The van der Waals surface area contributed by atoms with Crippen LogP contribution < -0.4 is 14.4 Å². The van der Waals surface area contributed by atoms with E-state index in [0.717, 1.165) is 0 Å². The number of aliphatic hydroxyl groups excluding tert-OH is 1. The summed E-state index contributed by atoms with van der Waals surface area (Å²) in [6.07, 6.45) is 1.74. The third-order valence-corrected chi connectivity index (χ3v) is 6.74. The van der Waals surface area contributed by atoms with E-state index >= 15 is 0 Å². The van der Waals surface area contributed by atoms with Gasteiger partial charge in [0.25, 0.3) is 5.78 Å². The van der Waals surface area contributed by atoms with Gasteiger partial charge in [-0.15, -0.1) is 10.2 Å². The lowest BCUT2D eigenvalue weighted by Crippen LogP contribution is -2.29. The van der Waals surface area contributed by atoms with Crippen molar-refractivity contribution in [2.24, 2.45) is 0 Å². The van der Waals surface area contributed by atoms with Crippen LogP contribution >= 0.6 is 11.3 Å². The molecule has 184 valence electrons. The van der Waals surface area contributed by atoms with Crippen LogP contribution in [0.15, 0.2) is 48.2 Å². The molecule has 1 aromatic carbocycles. The lowest BCUT2D eigenvalue weighted by atomic mass is 9.96. The standard InChI is InChI=1S/C25H23N5O5S/c1-5-35-16-10-9-15(12-17(16)34-4)21-19(23(32)24(33)30(21)25-28-27-14(3)36-25)22(31)20-13(2)26-18-8-6-7-11-29(18)20/h6-12,21,31H,5H2,1-4H3/b22-19+. The Balaban J connectivity index is 1.77. The number of benzene rings is 1. The fourth-order valence-corrected chi connectivity index (χ4v) is 5.10. The molecule has 3 aromatic heterocycles. The zero-order chi connectivity index (χ0) is 25.6. The van der Waals surface area contributed by atoms with Crippen molar-refractivity contribution >= 4 is 39.6 Å². The number of aromatic nitrogens is 4. The van der Waals surface area contributed by atoms with Crippen molar-refractivity contribution in [3.8, 4) is 11.5 Å². The summed E-state index contributed by atoms with van der Waals surface area (Å²) in [5, 5.41) is 20.6. The number of aliphatic hydroxyl groups is 1. The van der Waals surface area contributed by atoms with Gasteiger partial charge in [0.05, 0.1) is 31.0 Å². The van der Waals surface area contributed by atoms with Crippen molar-refractivity contribution in [3.05, 3.63) is 70.1 Å². The molecule has 10 nitrogen and oxygen atoms in total. The number of rotatable bonds is 6. The Morgan fingerprint density at radius 1 is 1.14 bits per heavy atom. The lowest BCUT2D eigenvalue weighted by Gasteiger charge is -2.23.